The molecule has 1 aromatic carbocycles. The fourth-order valence-corrected chi connectivity index (χ4v) is 2.01. The Morgan fingerprint density at radius 1 is 1.41 bits per heavy atom. The third kappa shape index (κ3) is 2.79. The fourth-order valence-electron chi connectivity index (χ4n) is 1.64. The van der Waals surface area contributed by atoms with Crippen molar-refractivity contribution in [1.82, 2.24) is 9.97 Å². The maximum atomic E-state index is 10.5. The Morgan fingerprint density at radius 3 is 2.88 bits per heavy atom. The van der Waals surface area contributed by atoms with Gasteiger partial charge in [-0.15, -0.1) is 0 Å². The molecule has 0 unspecified atom stereocenters. The van der Waals surface area contributed by atoms with Crippen LogP contribution in [0.4, 0.5) is 0 Å². The van der Waals surface area contributed by atoms with E-state index < -0.39 is 5.97 Å². The summed E-state index contributed by atoms with van der Waals surface area (Å²) in [6, 6.07) is 5.78. The zero-order valence-electron chi connectivity index (χ0n) is 9.27. The summed E-state index contributed by atoms with van der Waals surface area (Å²) in [4.78, 5) is 19.2. The van der Waals surface area contributed by atoms with Crippen molar-refractivity contribution in [2.45, 2.75) is 19.8 Å². The zero-order chi connectivity index (χ0) is 12.4. The van der Waals surface area contributed by atoms with Gasteiger partial charge >= 0.3 is 5.97 Å². The van der Waals surface area contributed by atoms with Crippen LogP contribution in [0.1, 0.15) is 17.9 Å². The second-order valence-electron chi connectivity index (χ2n) is 3.78. The smallest absolute Gasteiger partial charge is 0.303 e. The van der Waals surface area contributed by atoms with Crippen molar-refractivity contribution in [3.8, 4) is 0 Å². The summed E-state index contributed by atoms with van der Waals surface area (Å²) in [6.45, 7) is 1.90. The predicted octanol–water partition coefficient (Wildman–Crippen LogP) is 2.72. The van der Waals surface area contributed by atoms with E-state index in [1.165, 1.54) is 0 Å². The summed E-state index contributed by atoms with van der Waals surface area (Å²) in [6.07, 6.45) is 0.420. The fraction of sp³-hybridized carbons (Fsp3) is 0.250. The zero-order valence-corrected chi connectivity index (χ0v) is 10.9. The first-order valence-electron chi connectivity index (χ1n) is 5.21. The van der Waals surface area contributed by atoms with E-state index in [1.54, 1.807) is 0 Å². The van der Waals surface area contributed by atoms with Gasteiger partial charge in [-0.05, 0) is 25.1 Å². The first-order valence-corrected chi connectivity index (χ1v) is 6.00. The van der Waals surface area contributed by atoms with Gasteiger partial charge in [0.15, 0.2) is 0 Å². The summed E-state index contributed by atoms with van der Waals surface area (Å²) in [7, 11) is 0. The molecular formula is C12H11BrN2O2. The number of carbonyl (C=O) groups is 1. The first kappa shape index (κ1) is 12.0. The Hall–Kier alpha value is -1.49. The molecule has 0 saturated carbocycles. The molecule has 0 bridgehead atoms. The highest BCUT2D eigenvalue weighted by Crippen LogP contribution is 2.20. The SMILES string of the molecule is Cc1nc(CCC(=O)O)nc2ccc(Br)cc12. The van der Waals surface area contributed by atoms with Crippen LogP contribution in [0, 0.1) is 6.92 Å². The molecule has 1 heterocycles. The van der Waals surface area contributed by atoms with Gasteiger partial charge in [0.2, 0.25) is 0 Å². The monoisotopic (exact) mass is 294 g/mol. The minimum absolute atomic E-state index is 0.0570. The topological polar surface area (TPSA) is 63.1 Å². The number of benzene rings is 1. The Kier molecular flexibility index (Phi) is 3.38. The third-order valence-corrected chi connectivity index (χ3v) is 2.95. The average Bonchev–Trinajstić information content (AvgIpc) is 2.27. The van der Waals surface area contributed by atoms with E-state index in [-0.39, 0.29) is 6.42 Å². The van der Waals surface area contributed by atoms with Gasteiger partial charge in [-0.25, -0.2) is 9.97 Å². The van der Waals surface area contributed by atoms with Gasteiger partial charge in [-0.2, -0.15) is 0 Å². The summed E-state index contributed by atoms with van der Waals surface area (Å²) in [5.74, 6) is -0.248. The van der Waals surface area contributed by atoms with Crippen LogP contribution >= 0.6 is 15.9 Å². The van der Waals surface area contributed by atoms with E-state index in [9.17, 15) is 4.79 Å². The molecule has 88 valence electrons. The molecule has 4 nitrogen and oxygen atoms in total. The number of nitrogens with zero attached hydrogens (tertiary/aromatic N) is 2. The molecule has 17 heavy (non-hydrogen) atoms. The van der Waals surface area contributed by atoms with Crippen LogP contribution in [0.25, 0.3) is 10.9 Å². The number of hydrogen-bond donors (Lipinski definition) is 1. The van der Waals surface area contributed by atoms with E-state index in [2.05, 4.69) is 25.9 Å². The molecule has 0 spiro atoms. The van der Waals surface area contributed by atoms with Gasteiger partial charge in [-0.1, -0.05) is 15.9 Å². The average molecular weight is 295 g/mol. The first-order chi connectivity index (χ1) is 8.06. The summed E-state index contributed by atoms with van der Waals surface area (Å²) >= 11 is 3.40. The lowest BCUT2D eigenvalue weighted by atomic mass is 10.2. The van der Waals surface area contributed by atoms with Gasteiger partial charge in [0, 0.05) is 22.0 Å². The molecule has 2 aromatic rings. The number of aliphatic carboxylic acids is 1. The van der Waals surface area contributed by atoms with E-state index in [0.717, 1.165) is 21.1 Å². The van der Waals surface area contributed by atoms with Crippen LogP contribution < -0.4 is 0 Å². The predicted molar refractivity (Wildman–Crippen MR) is 67.9 cm³/mol. The van der Waals surface area contributed by atoms with Crippen LogP contribution in [-0.2, 0) is 11.2 Å². The van der Waals surface area contributed by atoms with Gasteiger partial charge in [0.1, 0.15) is 5.82 Å². The van der Waals surface area contributed by atoms with Crippen molar-refractivity contribution in [3.63, 3.8) is 0 Å². The molecule has 1 aromatic heterocycles. The summed E-state index contributed by atoms with van der Waals surface area (Å²) in [5, 5.41) is 9.62. The molecule has 2 rings (SSSR count). The molecule has 0 atom stereocenters. The van der Waals surface area contributed by atoms with Crippen molar-refractivity contribution in [2.75, 3.05) is 0 Å². The van der Waals surface area contributed by atoms with Crippen molar-refractivity contribution in [2.24, 2.45) is 0 Å². The number of hydrogen-bond acceptors (Lipinski definition) is 3. The van der Waals surface area contributed by atoms with Crippen LogP contribution in [0.15, 0.2) is 22.7 Å². The lowest BCUT2D eigenvalue weighted by Gasteiger charge is -2.05. The second-order valence-corrected chi connectivity index (χ2v) is 4.70. The number of aromatic nitrogens is 2. The van der Waals surface area contributed by atoms with E-state index in [0.29, 0.717) is 12.2 Å². The Morgan fingerprint density at radius 2 is 2.18 bits per heavy atom. The molecule has 5 heteroatoms. The quantitative estimate of drug-likeness (QED) is 0.945. The number of rotatable bonds is 3. The third-order valence-electron chi connectivity index (χ3n) is 2.46. The van der Waals surface area contributed by atoms with E-state index in [1.807, 2.05) is 25.1 Å². The number of aryl methyl sites for hydroxylation is 2. The van der Waals surface area contributed by atoms with E-state index in [4.69, 9.17) is 5.11 Å². The van der Waals surface area contributed by atoms with Crippen LogP contribution in [0.5, 0.6) is 0 Å². The lowest BCUT2D eigenvalue weighted by Crippen LogP contribution is -2.03. The highest BCUT2D eigenvalue weighted by molar-refractivity contribution is 9.10. The van der Waals surface area contributed by atoms with Crippen molar-refractivity contribution >= 4 is 32.8 Å². The van der Waals surface area contributed by atoms with Gasteiger partial charge in [-0.3, -0.25) is 4.79 Å². The minimum Gasteiger partial charge on any atom is -0.481 e. The van der Waals surface area contributed by atoms with Gasteiger partial charge in [0.05, 0.1) is 11.9 Å². The van der Waals surface area contributed by atoms with Gasteiger partial charge in [0.25, 0.3) is 0 Å². The van der Waals surface area contributed by atoms with Crippen LogP contribution in [-0.4, -0.2) is 21.0 Å². The summed E-state index contributed by atoms with van der Waals surface area (Å²) in [5.41, 5.74) is 1.72. The highest BCUT2D eigenvalue weighted by Gasteiger charge is 2.06. The van der Waals surface area contributed by atoms with Crippen molar-refractivity contribution in [3.05, 3.63) is 34.2 Å². The molecule has 0 amide bonds. The van der Waals surface area contributed by atoms with Crippen molar-refractivity contribution in [1.29, 1.82) is 0 Å². The number of fused-ring (bicyclic) bond motifs is 1. The van der Waals surface area contributed by atoms with Crippen LogP contribution in [0.3, 0.4) is 0 Å². The number of halogens is 1. The van der Waals surface area contributed by atoms with Crippen LogP contribution in [0.2, 0.25) is 0 Å². The van der Waals surface area contributed by atoms with Gasteiger partial charge < -0.3 is 5.11 Å². The molecule has 1 N–H and O–H groups in total. The normalized spacial score (nSPS) is 10.7. The van der Waals surface area contributed by atoms with E-state index >= 15 is 0 Å². The molecule has 0 aliphatic carbocycles. The molecule has 0 aliphatic heterocycles. The number of carboxylic acid groups (broad SMARTS) is 1. The maximum Gasteiger partial charge on any atom is 0.303 e. The molecule has 0 fully saturated rings. The lowest BCUT2D eigenvalue weighted by molar-refractivity contribution is -0.137. The molecular weight excluding hydrogens is 284 g/mol. The second kappa shape index (κ2) is 4.79. The molecule has 0 saturated heterocycles. The number of carboxylic acids is 1. The summed E-state index contributed by atoms with van der Waals surface area (Å²) < 4.78 is 0.981. The Bertz CT molecular complexity index is 584. The highest BCUT2D eigenvalue weighted by atomic mass is 79.9. The largest absolute Gasteiger partial charge is 0.481 e. The molecule has 0 aliphatic rings. The molecule has 0 radical (unpaired) electrons. The Balaban J connectivity index is 2.41. The minimum atomic E-state index is -0.831. The standard InChI is InChI=1S/C12H11BrN2O2/c1-7-9-6-8(13)2-3-10(9)15-11(14-7)4-5-12(16)17/h2-3,6H,4-5H2,1H3,(H,16,17). The van der Waals surface area contributed by atoms with Crippen molar-refractivity contribution < 1.29 is 9.90 Å². The Labute approximate surface area is 107 Å². The maximum absolute atomic E-state index is 10.5.